The highest BCUT2D eigenvalue weighted by atomic mass is 35.5. The quantitative estimate of drug-likeness (QED) is 0.348. The maximum atomic E-state index is 6.21. The van der Waals surface area contributed by atoms with Crippen molar-refractivity contribution in [1.82, 2.24) is 9.80 Å². The molecule has 0 unspecified atom stereocenters. The Labute approximate surface area is 207 Å². The van der Waals surface area contributed by atoms with Crippen molar-refractivity contribution in [3.63, 3.8) is 0 Å². The van der Waals surface area contributed by atoms with Crippen LogP contribution in [0.15, 0.2) is 36.4 Å². The van der Waals surface area contributed by atoms with Crippen molar-refractivity contribution in [3.05, 3.63) is 67.6 Å². The fraction of sp³-hybridized carbons (Fsp3) is 0.520. The zero-order valence-corrected chi connectivity index (χ0v) is 21.4. The Balaban J connectivity index is 1.60. The molecule has 3 rings (SSSR count). The molecular weight excluding hydrogens is 470 g/mol. The van der Waals surface area contributed by atoms with Crippen molar-refractivity contribution < 1.29 is 0 Å². The second-order valence-corrected chi connectivity index (χ2v) is 10.3. The minimum Gasteiger partial charge on any atom is -0.298 e. The first-order valence-corrected chi connectivity index (χ1v) is 12.7. The molecule has 1 heterocycles. The van der Waals surface area contributed by atoms with Crippen LogP contribution in [-0.2, 0) is 12.8 Å². The minimum atomic E-state index is 0.523. The Morgan fingerprint density at radius 3 is 1.84 bits per heavy atom. The number of nitrogens with zero attached hydrogens (tertiary/aromatic N) is 2. The van der Waals surface area contributed by atoms with E-state index in [2.05, 4.69) is 35.8 Å². The van der Waals surface area contributed by atoms with Crippen LogP contribution in [0.4, 0.5) is 0 Å². The molecule has 2 atom stereocenters. The van der Waals surface area contributed by atoms with Gasteiger partial charge < -0.3 is 0 Å². The summed E-state index contributed by atoms with van der Waals surface area (Å²) in [4.78, 5) is 5.32. The summed E-state index contributed by atoms with van der Waals surface area (Å²) in [6, 6.07) is 13.1. The third kappa shape index (κ3) is 7.25. The lowest BCUT2D eigenvalue weighted by Gasteiger charge is -2.46. The second-order valence-electron chi connectivity index (χ2n) is 8.63. The number of hydrogen-bond donors (Lipinski definition) is 0. The monoisotopic (exact) mass is 500 g/mol. The minimum absolute atomic E-state index is 0.523. The van der Waals surface area contributed by atoms with E-state index < -0.39 is 0 Å². The number of benzene rings is 2. The third-order valence-electron chi connectivity index (χ3n) is 6.32. The summed E-state index contributed by atoms with van der Waals surface area (Å²) in [6.07, 6.45) is 5.73. The smallest absolute Gasteiger partial charge is 0.0595 e. The van der Waals surface area contributed by atoms with E-state index in [1.807, 2.05) is 24.3 Å². The van der Waals surface area contributed by atoms with Gasteiger partial charge in [0, 0.05) is 38.3 Å². The van der Waals surface area contributed by atoms with Crippen molar-refractivity contribution >= 4 is 46.4 Å². The Kier molecular flexibility index (Phi) is 9.83. The average molecular weight is 502 g/mol. The molecule has 2 aromatic rings. The predicted molar refractivity (Wildman–Crippen MR) is 136 cm³/mol. The number of piperazine rings is 1. The van der Waals surface area contributed by atoms with Crippen molar-refractivity contribution in [2.45, 2.75) is 58.0 Å². The molecule has 0 saturated carbocycles. The second kappa shape index (κ2) is 12.1. The normalized spacial score (nSPS) is 20.3. The van der Waals surface area contributed by atoms with Gasteiger partial charge in [0.15, 0.2) is 0 Å². The van der Waals surface area contributed by atoms with E-state index in [-0.39, 0.29) is 0 Å². The lowest BCUT2D eigenvalue weighted by molar-refractivity contribution is 0.0320. The van der Waals surface area contributed by atoms with Crippen molar-refractivity contribution in [3.8, 4) is 0 Å². The van der Waals surface area contributed by atoms with E-state index >= 15 is 0 Å². The Hall–Kier alpha value is -0.480. The Morgan fingerprint density at radius 1 is 0.774 bits per heavy atom. The van der Waals surface area contributed by atoms with Gasteiger partial charge in [-0.15, -0.1) is 0 Å². The third-order valence-corrected chi connectivity index (χ3v) is 7.80. The molecular formula is C25H32Cl4N2. The number of rotatable bonds is 9. The van der Waals surface area contributed by atoms with Crippen molar-refractivity contribution in [2.75, 3.05) is 26.2 Å². The number of hydrogen-bond acceptors (Lipinski definition) is 2. The van der Waals surface area contributed by atoms with Gasteiger partial charge in [0.05, 0.1) is 20.1 Å². The standard InChI is InChI=1S/C25H32Cl4N2/c1-3-4-5-21-17-30(12-10-19-6-8-22(26)24(28)14-19)18(2)16-31(21)13-11-20-7-9-23(27)25(29)15-20/h6-9,14-15,18,21H,3-5,10-13,16-17H2,1-2H3/t18-,21+/m1/s1. The lowest BCUT2D eigenvalue weighted by atomic mass is 10.00. The van der Waals surface area contributed by atoms with E-state index in [1.54, 1.807) is 0 Å². The summed E-state index contributed by atoms with van der Waals surface area (Å²) in [5.41, 5.74) is 2.49. The molecule has 31 heavy (non-hydrogen) atoms. The highest BCUT2D eigenvalue weighted by Gasteiger charge is 2.30. The fourth-order valence-corrected chi connectivity index (χ4v) is 5.05. The molecule has 0 bridgehead atoms. The van der Waals surface area contributed by atoms with E-state index in [0.717, 1.165) is 39.0 Å². The molecule has 0 amide bonds. The predicted octanol–water partition coefficient (Wildman–Crippen LogP) is 7.65. The van der Waals surface area contributed by atoms with E-state index in [9.17, 15) is 0 Å². The first-order valence-electron chi connectivity index (χ1n) is 11.2. The summed E-state index contributed by atoms with van der Waals surface area (Å²) in [5, 5.41) is 2.52. The summed E-state index contributed by atoms with van der Waals surface area (Å²) < 4.78 is 0. The molecule has 0 radical (unpaired) electrons. The van der Waals surface area contributed by atoms with Gasteiger partial charge >= 0.3 is 0 Å². The zero-order valence-electron chi connectivity index (χ0n) is 18.4. The topological polar surface area (TPSA) is 6.48 Å². The Bertz CT molecular complexity index is 857. The summed E-state index contributed by atoms with van der Waals surface area (Å²) in [6.45, 7) is 8.92. The largest absolute Gasteiger partial charge is 0.298 e. The molecule has 0 aliphatic carbocycles. The number of halogens is 4. The van der Waals surface area contributed by atoms with E-state index in [0.29, 0.717) is 32.2 Å². The van der Waals surface area contributed by atoms with Gasteiger partial charge in [0.1, 0.15) is 0 Å². The first kappa shape index (κ1) is 25.1. The molecule has 6 heteroatoms. The van der Waals surface area contributed by atoms with Gasteiger partial charge in [0.25, 0.3) is 0 Å². The highest BCUT2D eigenvalue weighted by molar-refractivity contribution is 6.42. The first-order chi connectivity index (χ1) is 14.9. The molecule has 0 aromatic heterocycles. The van der Waals surface area contributed by atoms with Crippen LogP contribution in [0.2, 0.25) is 20.1 Å². The van der Waals surface area contributed by atoms with Crippen LogP contribution in [0.1, 0.15) is 44.2 Å². The van der Waals surface area contributed by atoms with Gasteiger partial charge in [0.2, 0.25) is 0 Å². The molecule has 1 aliphatic rings. The molecule has 170 valence electrons. The van der Waals surface area contributed by atoms with Gasteiger partial charge in [-0.05, 0) is 61.6 Å². The van der Waals surface area contributed by atoms with Crippen LogP contribution in [-0.4, -0.2) is 48.1 Å². The molecule has 2 nitrogen and oxygen atoms in total. The summed E-state index contributed by atoms with van der Waals surface area (Å²) >= 11 is 24.5. The maximum Gasteiger partial charge on any atom is 0.0595 e. The fourth-order valence-electron chi connectivity index (χ4n) is 4.40. The van der Waals surface area contributed by atoms with Crippen molar-refractivity contribution in [1.29, 1.82) is 0 Å². The zero-order chi connectivity index (χ0) is 22.4. The molecule has 1 saturated heterocycles. The molecule has 2 aromatic carbocycles. The number of unbranched alkanes of at least 4 members (excludes halogenated alkanes) is 1. The summed E-state index contributed by atoms with van der Waals surface area (Å²) in [5.74, 6) is 0. The molecule has 1 aliphatic heterocycles. The summed E-state index contributed by atoms with van der Waals surface area (Å²) in [7, 11) is 0. The Morgan fingerprint density at radius 2 is 1.32 bits per heavy atom. The maximum absolute atomic E-state index is 6.21. The highest BCUT2D eigenvalue weighted by Crippen LogP contribution is 2.26. The van der Waals surface area contributed by atoms with Crippen LogP contribution in [0.25, 0.3) is 0 Å². The van der Waals surface area contributed by atoms with Gasteiger partial charge in [-0.3, -0.25) is 9.80 Å². The molecule has 1 fully saturated rings. The van der Waals surface area contributed by atoms with E-state index in [4.69, 9.17) is 46.4 Å². The van der Waals surface area contributed by atoms with Crippen LogP contribution in [0.5, 0.6) is 0 Å². The average Bonchev–Trinajstić information content (AvgIpc) is 2.75. The van der Waals surface area contributed by atoms with E-state index in [1.165, 1.54) is 30.4 Å². The van der Waals surface area contributed by atoms with Crippen molar-refractivity contribution in [2.24, 2.45) is 0 Å². The van der Waals surface area contributed by atoms with Crippen LogP contribution < -0.4 is 0 Å². The van der Waals surface area contributed by atoms with Crippen LogP contribution in [0, 0.1) is 0 Å². The van der Waals surface area contributed by atoms with Gasteiger partial charge in [-0.1, -0.05) is 78.3 Å². The molecule has 0 N–H and O–H groups in total. The van der Waals surface area contributed by atoms with Gasteiger partial charge in [-0.2, -0.15) is 0 Å². The van der Waals surface area contributed by atoms with Crippen LogP contribution in [0.3, 0.4) is 0 Å². The SMILES string of the molecule is CCCC[C@H]1CN(CCc2ccc(Cl)c(Cl)c2)[C@H](C)CN1CCc1ccc(Cl)c(Cl)c1. The molecule has 0 spiro atoms. The van der Waals surface area contributed by atoms with Crippen LogP contribution >= 0.6 is 46.4 Å². The lowest BCUT2D eigenvalue weighted by Crippen LogP contribution is -2.58. The van der Waals surface area contributed by atoms with Gasteiger partial charge in [-0.25, -0.2) is 0 Å².